The number of carbonyl (C=O) groups is 3. The minimum absolute atomic E-state index is 0.0290. The summed E-state index contributed by atoms with van der Waals surface area (Å²) in [6.45, 7) is 0.336. The van der Waals surface area contributed by atoms with Crippen molar-refractivity contribution in [3.05, 3.63) is 83.7 Å². The van der Waals surface area contributed by atoms with E-state index in [1.165, 1.54) is 6.20 Å². The molecule has 0 saturated heterocycles. The third-order valence-electron chi connectivity index (χ3n) is 5.46. The maximum absolute atomic E-state index is 12.5. The van der Waals surface area contributed by atoms with Crippen molar-refractivity contribution < 1.29 is 24.2 Å². The third-order valence-corrected chi connectivity index (χ3v) is 5.46. The fourth-order valence-corrected chi connectivity index (χ4v) is 3.96. The molecule has 168 valence electrons. The number of nitrogens with zero attached hydrogens (tertiary/aromatic N) is 1. The standard InChI is InChI=1S/C25H23N3O5/c29-22(30)12-6-14-27-24(31)23-21(11-5-13-26-23)28-25(32)33-15-20-18-9-3-1-7-16(18)17-8-2-4-10-19(17)20/h1-5,7-11,13,20H,6,12,14-15H2,(H,27,31)(H,28,32)(H,29,30). The zero-order valence-electron chi connectivity index (χ0n) is 17.8. The molecule has 2 amide bonds. The number of aromatic nitrogens is 1. The van der Waals surface area contributed by atoms with E-state index in [0.29, 0.717) is 6.42 Å². The van der Waals surface area contributed by atoms with Gasteiger partial charge in [-0.3, -0.25) is 14.9 Å². The van der Waals surface area contributed by atoms with Gasteiger partial charge in [-0.25, -0.2) is 9.78 Å². The second kappa shape index (κ2) is 9.95. The lowest BCUT2D eigenvalue weighted by Crippen LogP contribution is -2.27. The van der Waals surface area contributed by atoms with Crippen LogP contribution in [0.25, 0.3) is 11.1 Å². The van der Waals surface area contributed by atoms with Gasteiger partial charge in [-0.15, -0.1) is 0 Å². The highest BCUT2D eigenvalue weighted by atomic mass is 16.5. The summed E-state index contributed by atoms with van der Waals surface area (Å²) < 4.78 is 5.53. The van der Waals surface area contributed by atoms with E-state index in [0.717, 1.165) is 22.3 Å². The summed E-state index contributed by atoms with van der Waals surface area (Å²) in [4.78, 5) is 39.6. The highest BCUT2D eigenvalue weighted by molar-refractivity contribution is 6.00. The number of aliphatic carboxylic acids is 1. The Labute approximate surface area is 190 Å². The first kappa shape index (κ1) is 22.0. The highest BCUT2D eigenvalue weighted by Gasteiger charge is 2.29. The number of fused-ring (bicyclic) bond motifs is 3. The van der Waals surface area contributed by atoms with E-state index < -0.39 is 18.0 Å². The molecule has 8 heteroatoms. The number of benzene rings is 2. The van der Waals surface area contributed by atoms with Crippen LogP contribution in [0.2, 0.25) is 0 Å². The molecule has 4 rings (SSSR count). The van der Waals surface area contributed by atoms with Crippen LogP contribution < -0.4 is 10.6 Å². The van der Waals surface area contributed by atoms with Gasteiger partial charge in [0.05, 0.1) is 5.69 Å². The van der Waals surface area contributed by atoms with E-state index in [-0.39, 0.29) is 36.9 Å². The monoisotopic (exact) mass is 445 g/mol. The summed E-state index contributed by atoms with van der Waals surface area (Å²) in [5, 5.41) is 13.9. The summed E-state index contributed by atoms with van der Waals surface area (Å²) >= 11 is 0. The minimum atomic E-state index is -0.931. The minimum Gasteiger partial charge on any atom is -0.481 e. The SMILES string of the molecule is O=C(O)CCCNC(=O)c1ncccc1NC(=O)OCC1c2ccccc2-c2ccccc21. The van der Waals surface area contributed by atoms with Crippen LogP contribution in [0, 0.1) is 0 Å². The average Bonchev–Trinajstić information content (AvgIpc) is 3.14. The zero-order chi connectivity index (χ0) is 23.2. The van der Waals surface area contributed by atoms with Gasteiger partial charge in [-0.05, 0) is 40.8 Å². The van der Waals surface area contributed by atoms with Gasteiger partial charge in [-0.2, -0.15) is 0 Å². The van der Waals surface area contributed by atoms with Crippen LogP contribution in [-0.2, 0) is 9.53 Å². The molecule has 0 spiro atoms. The number of rotatable bonds is 8. The Kier molecular flexibility index (Phi) is 6.64. The smallest absolute Gasteiger partial charge is 0.411 e. The normalized spacial score (nSPS) is 11.9. The van der Waals surface area contributed by atoms with Gasteiger partial charge in [0.15, 0.2) is 5.69 Å². The maximum atomic E-state index is 12.5. The molecule has 3 N–H and O–H groups in total. The van der Waals surface area contributed by atoms with Gasteiger partial charge < -0.3 is 15.2 Å². The van der Waals surface area contributed by atoms with Crippen molar-refractivity contribution in [1.29, 1.82) is 0 Å². The molecule has 0 aliphatic heterocycles. The molecule has 0 fully saturated rings. The van der Waals surface area contributed by atoms with Gasteiger partial charge in [0.2, 0.25) is 0 Å². The molecule has 0 bridgehead atoms. The van der Waals surface area contributed by atoms with Gasteiger partial charge in [0.25, 0.3) is 5.91 Å². The van der Waals surface area contributed by atoms with E-state index in [1.807, 2.05) is 36.4 Å². The van der Waals surface area contributed by atoms with Crippen LogP contribution >= 0.6 is 0 Å². The molecular formula is C25H23N3O5. The van der Waals surface area contributed by atoms with E-state index >= 15 is 0 Å². The van der Waals surface area contributed by atoms with Crippen LogP contribution in [0.3, 0.4) is 0 Å². The summed E-state index contributed by atoms with van der Waals surface area (Å²) in [5.41, 5.74) is 4.72. The lowest BCUT2D eigenvalue weighted by Gasteiger charge is -2.15. The third kappa shape index (κ3) is 5.01. The van der Waals surface area contributed by atoms with Crippen LogP contribution in [0.15, 0.2) is 66.9 Å². The highest BCUT2D eigenvalue weighted by Crippen LogP contribution is 2.44. The largest absolute Gasteiger partial charge is 0.481 e. The Balaban J connectivity index is 1.39. The maximum Gasteiger partial charge on any atom is 0.411 e. The average molecular weight is 445 g/mol. The van der Waals surface area contributed by atoms with E-state index in [4.69, 9.17) is 9.84 Å². The Morgan fingerprint density at radius 2 is 1.61 bits per heavy atom. The predicted molar refractivity (Wildman–Crippen MR) is 122 cm³/mol. The Bertz CT molecular complexity index is 1150. The number of carboxylic acids is 1. The van der Waals surface area contributed by atoms with Crippen LogP contribution in [0.5, 0.6) is 0 Å². The molecule has 8 nitrogen and oxygen atoms in total. The number of amides is 2. The molecule has 0 saturated carbocycles. The molecule has 1 aliphatic rings. The number of hydrogen-bond acceptors (Lipinski definition) is 5. The first-order valence-electron chi connectivity index (χ1n) is 10.6. The fraction of sp³-hybridized carbons (Fsp3) is 0.200. The molecule has 1 heterocycles. The van der Waals surface area contributed by atoms with E-state index in [2.05, 4.69) is 27.8 Å². The van der Waals surface area contributed by atoms with Crippen molar-refractivity contribution in [3.8, 4) is 11.1 Å². The molecular weight excluding hydrogens is 422 g/mol. The number of ether oxygens (including phenoxy) is 1. The second-order valence-corrected chi connectivity index (χ2v) is 7.60. The summed E-state index contributed by atoms with van der Waals surface area (Å²) in [6, 6.07) is 19.3. The summed E-state index contributed by atoms with van der Waals surface area (Å²) in [5.74, 6) is -1.51. The van der Waals surface area contributed by atoms with Crippen molar-refractivity contribution in [2.24, 2.45) is 0 Å². The quantitative estimate of drug-likeness (QED) is 0.451. The predicted octanol–water partition coefficient (Wildman–Crippen LogP) is 4.04. The van der Waals surface area contributed by atoms with E-state index in [1.54, 1.807) is 12.1 Å². The molecule has 0 atom stereocenters. The topological polar surface area (TPSA) is 118 Å². The molecule has 1 aromatic heterocycles. The zero-order valence-corrected chi connectivity index (χ0v) is 17.8. The number of carboxylic acid groups (broad SMARTS) is 1. The Morgan fingerprint density at radius 3 is 2.27 bits per heavy atom. The number of nitrogens with one attached hydrogen (secondary N) is 2. The summed E-state index contributed by atoms with van der Waals surface area (Å²) in [7, 11) is 0. The number of pyridine rings is 1. The second-order valence-electron chi connectivity index (χ2n) is 7.60. The lowest BCUT2D eigenvalue weighted by atomic mass is 9.98. The van der Waals surface area contributed by atoms with Gasteiger partial charge >= 0.3 is 12.1 Å². The van der Waals surface area contributed by atoms with Gasteiger partial charge in [-0.1, -0.05) is 48.5 Å². The number of carbonyl (C=O) groups excluding carboxylic acids is 2. The Hall–Kier alpha value is -4.20. The van der Waals surface area contributed by atoms with Gasteiger partial charge in [0.1, 0.15) is 6.61 Å². The molecule has 33 heavy (non-hydrogen) atoms. The molecule has 0 radical (unpaired) electrons. The lowest BCUT2D eigenvalue weighted by molar-refractivity contribution is -0.137. The van der Waals surface area contributed by atoms with Crippen molar-refractivity contribution in [1.82, 2.24) is 10.3 Å². The van der Waals surface area contributed by atoms with Gasteiger partial charge in [0, 0.05) is 25.1 Å². The number of hydrogen-bond donors (Lipinski definition) is 3. The molecule has 1 aliphatic carbocycles. The van der Waals surface area contributed by atoms with Crippen molar-refractivity contribution in [3.63, 3.8) is 0 Å². The Morgan fingerprint density at radius 1 is 0.939 bits per heavy atom. The van der Waals surface area contributed by atoms with Crippen molar-refractivity contribution >= 4 is 23.7 Å². The van der Waals surface area contributed by atoms with E-state index in [9.17, 15) is 14.4 Å². The molecule has 0 unspecified atom stereocenters. The first-order valence-corrected chi connectivity index (χ1v) is 10.6. The van der Waals surface area contributed by atoms with Crippen LogP contribution in [-0.4, -0.2) is 41.2 Å². The number of anilines is 1. The first-order chi connectivity index (χ1) is 16.0. The molecule has 3 aromatic rings. The fourth-order valence-electron chi connectivity index (χ4n) is 3.96. The van der Waals surface area contributed by atoms with Crippen LogP contribution in [0.4, 0.5) is 10.5 Å². The van der Waals surface area contributed by atoms with Crippen molar-refractivity contribution in [2.45, 2.75) is 18.8 Å². The molecule has 2 aromatic carbocycles. The summed E-state index contributed by atoms with van der Waals surface area (Å²) in [6.07, 6.45) is 0.996. The van der Waals surface area contributed by atoms with Crippen molar-refractivity contribution in [2.75, 3.05) is 18.5 Å². The van der Waals surface area contributed by atoms with Crippen LogP contribution in [0.1, 0.15) is 40.4 Å².